The van der Waals surface area contributed by atoms with Crippen LogP contribution < -0.4 is 16.0 Å². The Morgan fingerprint density at radius 1 is 0.806 bits per heavy atom. The number of halogens is 1. The molecule has 0 spiro atoms. The molecular formula is C23H16ClN3O3S. The third-order valence-corrected chi connectivity index (χ3v) is 4.93. The molecule has 2 amide bonds. The van der Waals surface area contributed by atoms with Gasteiger partial charge in [0, 0.05) is 16.8 Å². The van der Waals surface area contributed by atoms with Crippen molar-refractivity contribution in [2.75, 3.05) is 10.6 Å². The molecule has 8 heteroatoms. The number of hydrogen-bond acceptors (Lipinski definition) is 4. The second-order valence-corrected chi connectivity index (χ2v) is 7.38. The first kappa shape index (κ1) is 20.6. The number of nitrogens with one attached hydrogen (secondary N) is 3. The highest BCUT2D eigenvalue weighted by Gasteiger charge is 2.13. The molecule has 0 fully saturated rings. The summed E-state index contributed by atoms with van der Waals surface area (Å²) in [5, 5.41) is 9.61. The molecule has 1 aromatic heterocycles. The maximum Gasteiger partial charge on any atom is 0.291 e. The molecule has 6 nitrogen and oxygen atoms in total. The Morgan fingerprint density at radius 2 is 1.45 bits per heavy atom. The predicted octanol–water partition coefficient (Wildman–Crippen LogP) is 5.47. The molecular weight excluding hydrogens is 434 g/mol. The third kappa shape index (κ3) is 4.91. The van der Waals surface area contributed by atoms with Gasteiger partial charge in [0.15, 0.2) is 10.9 Å². The summed E-state index contributed by atoms with van der Waals surface area (Å²) in [4.78, 5) is 24.7. The monoisotopic (exact) mass is 449 g/mol. The SMILES string of the molecule is O=C(Nc1ccc(NC(=S)NC(=O)c2ccccc2Cl)cc1)c1cc2ccccc2o1. The molecule has 0 radical (unpaired) electrons. The van der Waals surface area contributed by atoms with Gasteiger partial charge < -0.3 is 15.1 Å². The topological polar surface area (TPSA) is 83.4 Å². The molecule has 0 saturated heterocycles. The summed E-state index contributed by atoms with van der Waals surface area (Å²) in [7, 11) is 0. The van der Waals surface area contributed by atoms with Crippen LogP contribution in [0.15, 0.2) is 83.3 Å². The van der Waals surface area contributed by atoms with Crippen molar-refractivity contribution in [2.45, 2.75) is 0 Å². The molecule has 1 heterocycles. The van der Waals surface area contributed by atoms with Crippen molar-refractivity contribution in [2.24, 2.45) is 0 Å². The number of rotatable bonds is 4. The van der Waals surface area contributed by atoms with Crippen LogP contribution in [0.5, 0.6) is 0 Å². The van der Waals surface area contributed by atoms with Crippen LogP contribution in [0, 0.1) is 0 Å². The van der Waals surface area contributed by atoms with E-state index in [1.54, 1.807) is 60.7 Å². The van der Waals surface area contributed by atoms with Crippen LogP contribution in [0.4, 0.5) is 11.4 Å². The number of anilines is 2. The summed E-state index contributed by atoms with van der Waals surface area (Å²) in [6.07, 6.45) is 0. The van der Waals surface area contributed by atoms with E-state index < -0.39 is 5.91 Å². The number of carbonyl (C=O) groups is 2. The highest BCUT2D eigenvalue weighted by atomic mass is 35.5. The Hall–Kier alpha value is -3.68. The predicted molar refractivity (Wildman–Crippen MR) is 126 cm³/mol. The van der Waals surface area contributed by atoms with Crippen LogP contribution in [0.25, 0.3) is 11.0 Å². The van der Waals surface area contributed by atoms with Gasteiger partial charge in [0.05, 0.1) is 10.6 Å². The Kier molecular flexibility index (Phi) is 5.97. The van der Waals surface area contributed by atoms with Gasteiger partial charge in [0.25, 0.3) is 11.8 Å². The van der Waals surface area contributed by atoms with Gasteiger partial charge in [0.1, 0.15) is 5.58 Å². The van der Waals surface area contributed by atoms with Crippen molar-refractivity contribution >= 4 is 63.1 Å². The summed E-state index contributed by atoms with van der Waals surface area (Å²) in [5.74, 6) is -0.524. The van der Waals surface area contributed by atoms with Gasteiger partial charge in [-0.15, -0.1) is 0 Å². The van der Waals surface area contributed by atoms with Crippen LogP contribution in [0.2, 0.25) is 5.02 Å². The fraction of sp³-hybridized carbons (Fsp3) is 0. The van der Waals surface area contributed by atoms with Crippen LogP contribution in [0.1, 0.15) is 20.9 Å². The van der Waals surface area contributed by atoms with Gasteiger partial charge in [-0.3, -0.25) is 14.9 Å². The molecule has 3 N–H and O–H groups in total. The maximum absolute atomic E-state index is 12.4. The van der Waals surface area contributed by atoms with Gasteiger partial charge in [-0.2, -0.15) is 0 Å². The van der Waals surface area contributed by atoms with E-state index in [1.165, 1.54) is 0 Å². The first-order valence-corrected chi connectivity index (χ1v) is 10.0. The lowest BCUT2D eigenvalue weighted by molar-refractivity contribution is 0.0975. The van der Waals surface area contributed by atoms with Gasteiger partial charge in [-0.25, -0.2) is 0 Å². The standard InChI is InChI=1S/C23H16ClN3O3S/c24-18-7-3-2-6-17(18)21(28)27-23(31)26-16-11-9-15(10-12-16)25-22(29)20-13-14-5-1-4-8-19(14)30-20/h1-13H,(H,25,29)(H2,26,27,28,31). The van der Waals surface area contributed by atoms with E-state index in [1.807, 2.05) is 18.2 Å². The van der Waals surface area contributed by atoms with Crippen molar-refractivity contribution in [3.05, 3.63) is 95.2 Å². The lowest BCUT2D eigenvalue weighted by Gasteiger charge is -2.11. The molecule has 0 saturated carbocycles. The zero-order valence-corrected chi connectivity index (χ0v) is 17.6. The molecule has 0 unspecified atom stereocenters. The molecule has 0 aliphatic heterocycles. The smallest absolute Gasteiger partial charge is 0.291 e. The average Bonchev–Trinajstić information content (AvgIpc) is 3.20. The van der Waals surface area contributed by atoms with Gasteiger partial charge in [0.2, 0.25) is 0 Å². The van der Waals surface area contributed by atoms with E-state index >= 15 is 0 Å². The van der Waals surface area contributed by atoms with E-state index in [0.717, 1.165) is 5.39 Å². The van der Waals surface area contributed by atoms with Crippen molar-refractivity contribution < 1.29 is 14.0 Å². The largest absolute Gasteiger partial charge is 0.451 e. The zero-order chi connectivity index (χ0) is 21.8. The molecule has 0 bridgehead atoms. The Bertz CT molecular complexity index is 1250. The number of benzene rings is 3. The highest BCUT2D eigenvalue weighted by Crippen LogP contribution is 2.21. The van der Waals surface area contributed by atoms with Crippen LogP contribution in [0.3, 0.4) is 0 Å². The molecule has 3 aromatic carbocycles. The number of hydrogen-bond donors (Lipinski definition) is 3. The minimum absolute atomic E-state index is 0.129. The Labute approximate surface area is 188 Å². The summed E-state index contributed by atoms with van der Waals surface area (Å²) in [5.41, 5.74) is 2.21. The van der Waals surface area contributed by atoms with Crippen molar-refractivity contribution in [1.29, 1.82) is 0 Å². The first-order valence-electron chi connectivity index (χ1n) is 9.26. The van der Waals surface area contributed by atoms with Crippen molar-refractivity contribution in [3.63, 3.8) is 0 Å². The zero-order valence-electron chi connectivity index (χ0n) is 16.0. The van der Waals surface area contributed by atoms with Crippen molar-refractivity contribution in [1.82, 2.24) is 5.32 Å². The Balaban J connectivity index is 1.35. The highest BCUT2D eigenvalue weighted by molar-refractivity contribution is 7.80. The van der Waals surface area contributed by atoms with Crippen LogP contribution in [-0.2, 0) is 0 Å². The quantitative estimate of drug-likeness (QED) is 0.360. The fourth-order valence-corrected chi connectivity index (χ4v) is 3.33. The molecule has 4 aromatic rings. The van der Waals surface area contributed by atoms with Crippen LogP contribution >= 0.6 is 23.8 Å². The second-order valence-electron chi connectivity index (χ2n) is 6.57. The van der Waals surface area contributed by atoms with E-state index in [-0.39, 0.29) is 16.8 Å². The van der Waals surface area contributed by atoms with Crippen LogP contribution in [-0.4, -0.2) is 16.9 Å². The fourth-order valence-electron chi connectivity index (χ4n) is 2.90. The molecule has 4 rings (SSSR count). The molecule has 0 atom stereocenters. The van der Waals surface area contributed by atoms with Crippen molar-refractivity contribution in [3.8, 4) is 0 Å². The number of thiocarbonyl (C=S) groups is 1. The lowest BCUT2D eigenvalue weighted by atomic mass is 10.2. The van der Waals surface area contributed by atoms with E-state index in [4.69, 9.17) is 28.2 Å². The average molecular weight is 450 g/mol. The second kappa shape index (κ2) is 8.99. The van der Waals surface area contributed by atoms with Gasteiger partial charge >= 0.3 is 0 Å². The molecule has 154 valence electrons. The van der Waals surface area contributed by atoms with Gasteiger partial charge in [-0.1, -0.05) is 41.9 Å². The number of fused-ring (bicyclic) bond motifs is 1. The summed E-state index contributed by atoms with van der Waals surface area (Å²) in [6, 6.07) is 22.7. The normalized spacial score (nSPS) is 10.5. The number of furan rings is 1. The first-order chi connectivity index (χ1) is 15.0. The minimum Gasteiger partial charge on any atom is -0.451 e. The van der Waals surface area contributed by atoms with E-state index in [2.05, 4.69) is 16.0 Å². The molecule has 31 heavy (non-hydrogen) atoms. The van der Waals surface area contributed by atoms with Gasteiger partial charge in [-0.05, 0) is 60.7 Å². The summed E-state index contributed by atoms with van der Waals surface area (Å²) in [6.45, 7) is 0. The Morgan fingerprint density at radius 3 is 2.16 bits per heavy atom. The minimum atomic E-state index is -0.405. The summed E-state index contributed by atoms with van der Waals surface area (Å²) >= 11 is 11.2. The summed E-state index contributed by atoms with van der Waals surface area (Å²) < 4.78 is 5.57. The number of amides is 2. The molecule has 0 aliphatic carbocycles. The maximum atomic E-state index is 12.4. The number of carbonyl (C=O) groups excluding carboxylic acids is 2. The van der Waals surface area contributed by atoms with E-state index in [9.17, 15) is 9.59 Å². The lowest BCUT2D eigenvalue weighted by Crippen LogP contribution is -2.34. The number of para-hydroxylation sites is 1. The molecule has 0 aliphatic rings. The third-order valence-electron chi connectivity index (χ3n) is 4.40. The van der Waals surface area contributed by atoms with E-state index in [0.29, 0.717) is 27.5 Å².